The highest BCUT2D eigenvalue weighted by Gasteiger charge is 2.47. The average Bonchev–Trinajstić information content (AvgIpc) is 3.32. The van der Waals surface area contributed by atoms with Gasteiger partial charge in [-0.15, -0.1) is 0 Å². The molecular weight excluding hydrogens is 373 g/mol. The van der Waals surface area contributed by atoms with E-state index in [1.165, 1.54) is 6.07 Å². The molecule has 2 aromatic rings. The molecule has 0 aromatic carbocycles. The molecule has 3 heterocycles. The number of hydrogen-bond donors (Lipinski definition) is 2. The molecule has 2 atom stereocenters. The standard InChI is InChI=1S/C18H23F3N6O/c1-10-12(9-26(2)24-10)13-7-15(18(19,20)21)27-16(23-13)8-14(25-27)17(28)22-11-5-3-4-6-11/h8-9,11,13,15,23H,3-7H2,1-2H3,(H,22,28)/t13-,15+/m0/s1. The van der Waals surface area contributed by atoms with Crippen LogP contribution >= 0.6 is 0 Å². The monoisotopic (exact) mass is 396 g/mol. The lowest BCUT2D eigenvalue weighted by Crippen LogP contribution is -2.36. The van der Waals surface area contributed by atoms with Crippen LogP contribution in [-0.4, -0.2) is 37.7 Å². The Labute approximate surface area is 160 Å². The molecule has 0 bridgehead atoms. The Morgan fingerprint density at radius 1 is 1.29 bits per heavy atom. The molecule has 0 unspecified atom stereocenters. The SMILES string of the molecule is Cc1nn(C)cc1[C@@H]1C[C@H](C(F)(F)F)n2nc(C(=O)NC3CCCC3)cc2N1. The summed E-state index contributed by atoms with van der Waals surface area (Å²) in [5.41, 5.74) is 1.39. The minimum Gasteiger partial charge on any atom is -0.363 e. The van der Waals surface area contributed by atoms with Crippen molar-refractivity contribution in [3.05, 3.63) is 29.2 Å². The normalized spacial score (nSPS) is 22.8. The lowest BCUT2D eigenvalue weighted by atomic mass is 9.97. The molecule has 1 fully saturated rings. The van der Waals surface area contributed by atoms with Crippen LogP contribution in [0.4, 0.5) is 19.0 Å². The van der Waals surface area contributed by atoms with Crippen LogP contribution in [0.1, 0.15) is 65.9 Å². The molecule has 152 valence electrons. The van der Waals surface area contributed by atoms with Crippen molar-refractivity contribution in [1.82, 2.24) is 24.9 Å². The molecule has 0 spiro atoms. The number of aromatic nitrogens is 4. The summed E-state index contributed by atoms with van der Waals surface area (Å²) >= 11 is 0. The fourth-order valence-corrected chi connectivity index (χ4v) is 4.18. The van der Waals surface area contributed by atoms with E-state index < -0.39 is 24.2 Å². The number of halogens is 3. The average molecular weight is 396 g/mol. The molecule has 2 aliphatic rings. The van der Waals surface area contributed by atoms with Crippen molar-refractivity contribution in [2.75, 3.05) is 5.32 Å². The van der Waals surface area contributed by atoms with Gasteiger partial charge in [-0.3, -0.25) is 9.48 Å². The summed E-state index contributed by atoms with van der Waals surface area (Å²) in [5.74, 6) is -0.232. The number of nitrogens with zero attached hydrogens (tertiary/aromatic N) is 4. The minimum absolute atomic E-state index is 0.00667. The first-order valence-corrected chi connectivity index (χ1v) is 9.46. The molecule has 1 saturated carbocycles. The summed E-state index contributed by atoms with van der Waals surface area (Å²) < 4.78 is 43.7. The predicted octanol–water partition coefficient (Wildman–Crippen LogP) is 3.26. The van der Waals surface area contributed by atoms with E-state index in [2.05, 4.69) is 20.8 Å². The maximum atomic E-state index is 13.7. The highest BCUT2D eigenvalue weighted by atomic mass is 19.4. The first-order valence-electron chi connectivity index (χ1n) is 9.46. The van der Waals surface area contributed by atoms with Gasteiger partial charge in [0.15, 0.2) is 11.7 Å². The van der Waals surface area contributed by atoms with Crippen molar-refractivity contribution < 1.29 is 18.0 Å². The molecule has 28 heavy (non-hydrogen) atoms. The Hall–Kier alpha value is -2.52. The van der Waals surface area contributed by atoms with Crippen LogP contribution in [0.2, 0.25) is 0 Å². The van der Waals surface area contributed by atoms with Crippen LogP contribution in [0.5, 0.6) is 0 Å². The van der Waals surface area contributed by atoms with Gasteiger partial charge in [-0.1, -0.05) is 12.8 Å². The van der Waals surface area contributed by atoms with Gasteiger partial charge in [-0.25, -0.2) is 4.68 Å². The number of carbonyl (C=O) groups excluding carboxylic acids is 1. The van der Waals surface area contributed by atoms with Gasteiger partial charge in [-0.2, -0.15) is 23.4 Å². The van der Waals surface area contributed by atoms with Crippen LogP contribution < -0.4 is 10.6 Å². The van der Waals surface area contributed by atoms with E-state index in [0.29, 0.717) is 11.3 Å². The zero-order valence-electron chi connectivity index (χ0n) is 15.8. The molecule has 2 aromatic heterocycles. The fraction of sp³-hybridized carbons (Fsp3) is 0.611. The third kappa shape index (κ3) is 3.47. The van der Waals surface area contributed by atoms with Crippen molar-refractivity contribution in [3.63, 3.8) is 0 Å². The zero-order valence-corrected chi connectivity index (χ0v) is 15.8. The molecule has 0 saturated heterocycles. The van der Waals surface area contributed by atoms with E-state index in [1.807, 2.05) is 0 Å². The smallest absolute Gasteiger partial charge is 0.363 e. The zero-order chi connectivity index (χ0) is 20.1. The minimum atomic E-state index is -4.48. The van der Waals surface area contributed by atoms with Crippen molar-refractivity contribution in [3.8, 4) is 0 Å². The predicted molar refractivity (Wildman–Crippen MR) is 96.0 cm³/mol. The Kier molecular flexibility index (Phi) is 4.59. The number of aryl methyl sites for hydroxylation is 2. The van der Waals surface area contributed by atoms with Gasteiger partial charge in [0.2, 0.25) is 0 Å². The summed E-state index contributed by atoms with van der Waals surface area (Å²) in [6, 6.07) is -0.888. The van der Waals surface area contributed by atoms with E-state index in [0.717, 1.165) is 30.4 Å². The fourth-order valence-electron chi connectivity index (χ4n) is 4.18. The summed E-state index contributed by atoms with van der Waals surface area (Å²) in [6.45, 7) is 1.77. The number of amides is 1. The number of fused-ring (bicyclic) bond motifs is 1. The summed E-state index contributed by atoms with van der Waals surface area (Å²) in [6.07, 6.45) is 0.921. The molecule has 1 aliphatic carbocycles. The first-order chi connectivity index (χ1) is 13.2. The van der Waals surface area contributed by atoms with Crippen molar-refractivity contribution >= 4 is 11.7 Å². The molecular formula is C18H23F3N6O. The maximum Gasteiger partial charge on any atom is 0.410 e. The largest absolute Gasteiger partial charge is 0.410 e. The number of hydrogen-bond acceptors (Lipinski definition) is 4. The van der Waals surface area contributed by atoms with Crippen LogP contribution in [-0.2, 0) is 7.05 Å². The van der Waals surface area contributed by atoms with Gasteiger partial charge >= 0.3 is 6.18 Å². The third-order valence-corrected chi connectivity index (χ3v) is 5.54. The second-order valence-electron chi connectivity index (χ2n) is 7.65. The quantitative estimate of drug-likeness (QED) is 0.835. The van der Waals surface area contributed by atoms with E-state index in [-0.39, 0.29) is 24.0 Å². The lowest BCUT2D eigenvalue weighted by Gasteiger charge is -2.33. The number of rotatable bonds is 3. The summed E-state index contributed by atoms with van der Waals surface area (Å²) in [4.78, 5) is 12.5. The Morgan fingerprint density at radius 2 is 2.00 bits per heavy atom. The number of nitrogens with one attached hydrogen (secondary N) is 2. The van der Waals surface area contributed by atoms with Crippen LogP contribution in [0.3, 0.4) is 0 Å². The molecule has 1 aliphatic heterocycles. The van der Waals surface area contributed by atoms with E-state index in [1.54, 1.807) is 24.9 Å². The van der Waals surface area contributed by atoms with E-state index >= 15 is 0 Å². The lowest BCUT2D eigenvalue weighted by molar-refractivity contribution is -0.173. The summed E-state index contributed by atoms with van der Waals surface area (Å²) in [5, 5.41) is 14.2. The highest BCUT2D eigenvalue weighted by Crippen LogP contribution is 2.44. The molecule has 0 radical (unpaired) electrons. The topological polar surface area (TPSA) is 76.8 Å². The molecule has 2 N–H and O–H groups in total. The first kappa shape index (κ1) is 18.8. The molecule has 1 amide bonds. The van der Waals surface area contributed by atoms with Gasteiger partial charge < -0.3 is 10.6 Å². The van der Waals surface area contributed by atoms with Gasteiger partial charge in [0.1, 0.15) is 5.82 Å². The molecule has 10 heteroatoms. The highest BCUT2D eigenvalue weighted by molar-refractivity contribution is 5.93. The number of alkyl halides is 3. The second-order valence-corrected chi connectivity index (χ2v) is 7.65. The van der Waals surface area contributed by atoms with E-state index in [4.69, 9.17) is 0 Å². The van der Waals surface area contributed by atoms with Gasteiger partial charge in [0.05, 0.1) is 11.7 Å². The van der Waals surface area contributed by atoms with E-state index in [9.17, 15) is 18.0 Å². The van der Waals surface area contributed by atoms with Gasteiger partial charge in [-0.05, 0) is 19.8 Å². The second kappa shape index (κ2) is 6.82. The Balaban J connectivity index is 1.64. The van der Waals surface area contributed by atoms with Crippen molar-refractivity contribution in [2.45, 2.75) is 63.3 Å². The van der Waals surface area contributed by atoms with Gasteiger partial charge in [0.25, 0.3) is 5.91 Å². The van der Waals surface area contributed by atoms with Gasteiger partial charge in [0, 0.05) is 37.3 Å². The molecule has 7 nitrogen and oxygen atoms in total. The Morgan fingerprint density at radius 3 is 2.61 bits per heavy atom. The van der Waals surface area contributed by atoms with Crippen LogP contribution in [0.15, 0.2) is 12.3 Å². The third-order valence-electron chi connectivity index (χ3n) is 5.54. The van der Waals surface area contributed by atoms with Crippen LogP contribution in [0, 0.1) is 6.92 Å². The summed E-state index contributed by atoms with van der Waals surface area (Å²) in [7, 11) is 1.73. The van der Waals surface area contributed by atoms with Crippen molar-refractivity contribution in [2.24, 2.45) is 7.05 Å². The number of carbonyl (C=O) groups is 1. The van der Waals surface area contributed by atoms with Crippen molar-refractivity contribution in [1.29, 1.82) is 0 Å². The number of anilines is 1. The Bertz CT molecular complexity index is 881. The maximum absolute atomic E-state index is 13.7. The molecule has 4 rings (SSSR count). The van der Waals surface area contributed by atoms with Crippen LogP contribution in [0.25, 0.3) is 0 Å².